The van der Waals surface area contributed by atoms with Gasteiger partial charge in [-0.25, -0.2) is 9.18 Å². The van der Waals surface area contributed by atoms with Crippen LogP contribution in [0, 0.1) is 17.1 Å². The van der Waals surface area contributed by atoms with Crippen molar-refractivity contribution >= 4 is 23.5 Å². The first-order valence-corrected chi connectivity index (χ1v) is 8.53. The van der Waals surface area contributed by atoms with Gasteiger partial charge in [0.05, 0.1) is 11.6 Å². The van der Waals surface area contributed by atoms with Gasteiger partial charge < -0.3 is 10.6 Å². The molecule has 3 rings (SSSR count). The van der Waals surface area contributed by atoms with Crippen molar-refractivity contribution in [3.05, 3.63) is 65.5 Å². The highest BCUT2D eigenvalue weighted by molar-refractivity contribution is 6.07. The molecule has 1 fully saturated rings. The molecule has 2 aromatic carbocycles. The molecule has 1 saturated heterocycles. The van der Waals surface area contributed by atoms with Gasteiger partial charge in [-0.2, -0.15) is 5.26 Å². The van der Waals surface area contributed by atoms with E-state index >= 15 is 0 Å². The van der Waals surface area contributed by atoms with E-state index in [1.807, 2.05) is 6.07 Å². The second kappa shape index (κ2) is 7.48. The molecule has 1 aliphatic heterocycles. The molecule has 8 heteroatoms. The Balaban J connectivity index is 1.65. The van der Waals surface area contributed by atoms with E-state index in [1.165, 1.54) is 24.3 Å². The summed E-state index contributed by atoms with van der Waals surface area (Å²) in [6.07, 6.45) is -0.0972. The monoisotopic (exact) mass is 380 g/mol. The van der Waals surface area contributed by atoms with Gasteiger partial charge in [-0.05, 0) is 48.9 Å². The van der Waals surface area contributed by atoms with Crippen molar-refractivity contribution in [2.45, 2.75) is 18.9 Å². The van der Waals surface area contributed by atoms with E-state index in [0.717, 1.165) is 4.90 Å². The number of rotatable bonds is 5. The number of carbonyl (C=O) groups excluding carboxylic acids is 3. The summed E-state index contributed by atoms with van der Waals surface area (Å²) < 4.78 is 12.9. The van der Waals surface area contributed by atoms with E-state index in [9.17, 15) is 18.8 Å². The Kier molecular flexibility index (Phi) is 5.09. The van der Waals surface area contributed by atoms with Crippen LogP contribution in [-0.4, -0.2) is 29.3 Å². The van der Waals surface area contributed by atoms with Gasteiger partial charge in [0.1, 0.15) is 11.4 Å². The third-order valence-electron chi connectivity index (χ3n) is 4.56. The highest BCUT2D eigenvalue weighted by Crippen LogP contribution is 2.29. The van der Waals surface area contributed by atoms with Crippen LogP contribution in [0.25, 0.3) is 0 Å². The van der Waals surface area contributed by atoms with Crippen molar-refractivity contribution in [2.75, 3.05) is 11.9 Å². The summed E-state index contributed by atoms with van der Waals surface area (Å²) in [5, 5.41) is 14.1. The summed E-state index contributed by atoms with van der Waals surface area (Å²) in [5.74, 6) is -1.30. The normalized spacial score (nSPS) is 18.5. The number of carbonyl (C=O) groups is 3. The Morgan fingerprint density at radius 1 is 1.18 bits per heavy atom. The molecule has 0 aliphatic carbocycles. The lowest BCUT2D eigenvalue weighted by Gasteiger charge is -2.22. The van der Waals surface area contributed by atoms with Gasteiger partial charge in [0.25, 0.3) is 5.91 Å². The minimum atomic E-state index is -1.27. The van der Waals surface area contributed by atoms with Crippen LogP contribution in [0.2, 0.25) is 0 Å². The van der Waals surface area contributed by atoms with Crippen LogP contribution < -0.4 is 10.6 Å². The molecular formula is C20H17FN4O3. The fourth-order valence-corrected chi connectivity index (χ4v) is 2.94. The molecule has 2 aromatic rings. The Labute approximate surface area is 160 Å². The molecule has 28 heavy (non-hydrogen) atoms. The first kappa shape index (κ1) is 19.0. The van der Waals surface area contributed by atoms with Gasteiger partial charge in [0, 0.05) is 18.7 Å². The Morgan fingerprint density at radius 3 is 2.43 bits per heavy atom. The fourth-order valence-electron chi connectivity index (χ4n) is 2.94. The van der Waals surface area contributed by atoms with Crippen molar-refractivity contribution in [3.8, 4) is 6.07 Å². The quantitative estimate of drug-likeness (QED) is 0.778. The predicted molar refractivity (Wildman–Crippen MR) is 98.4 cm³/mol. The van der Waals surface area contributed by atoms with Gasteiger partial charge in [-0.3, -0.25) is 14.5 Å². The number of nitrogens with one attached hydrogen (secondary N) is 2. The van der Waals surface area contributed by atoms with Crippen LogP contribution in [0.1, 0.15) is 24.5 Å². The minimum absolute atomic E-state index is 0.0937. The molecule has 1 heterocycles. The third kappa shape index (κ3) is 3.69. The first-order valence-electron chi connectivity index (χ1n) is 8.53. The average molecular weight is 380 g/mol. The summed E-state index contributed by atoms with van der Waals surface area (Å²) >= 11 is 0. The molecule has 0 radical (unpaired) electrons. The van der Waals surface area contributed by atoms with Crippen LogP contribution in [0.15, 0.2) is 48.5 Å². The van der Waals surface area contributed by atoms with E-state index < -0.39 is 29.2 Å². The zero-order valence-electron chi connectivity index (χ0n) is 15.0. The van der Waals surface area contributed by atoms with Crippen LogP contribution in [0.5, 0.6) is 0 Å². The summed E-state index contributed by atoms with van der Waals surface area (Å²) in [5.41, 5.74) is 0.144. The molecule has 0 saturated carbocycles. The number of nitrogens with zero attached hydrogens (tertiary/aromatic N) is 2. The minimum Gasteiger partial charge on any atom is -0.326 e. The predicted octanol–water partition coefficient (Wildman–Crippen LogP) is 2.49. The number of hydrogen-bond donors (Lipinski definition) is 2. The largest absolute Gasteiger partial charge is 0.326 e. The molecule has 7 nitrogen and oxygen atoms in total. The smallest absolute Gasteiger partial charge is 0.325 e. The summed E-state index contributed by atoms with van der Waals surface area (Å²) in [6.45, 7) is 1.48. The van der Waals surface area contributed by atoms with Crippen molar-refractivity contribution in [1.82, 2.24) is 10.2 Å². The first-order chi connectivity index (χ1) is 13.3. The molecule has 1 aliphatic rings. The number of anilines is 1. The van der Waals surface area contributed by atoms with E-state index in [-0.39, 0.29) is 13.0 Å². The topological polar surface area (TPSA) is 102 Å². The molecule has 1 unspecified atom stereocenters. The molecule has 4 amide bonds. The third-order valence-corrected chi connectivity index (χ3v) is 4.56. The zero-order chi connectivity index (χ0) is 20.3. The molecular weight excluding hydrogens is 363 g/mol. The molecule has 0 aromatic heterocycles. The fraction of sp³-hybridized carbons (Fsp3) is 0.200. The Bertz CT molecular complexity index is 966. The highest BCUT2D eigenvalue weighted by Gasteiger charge is 2.48. The number of amides is 4. The lowest BCUT2D eigenvalue weighted by Crippen LogP contribution is -2.41. The molecule has 142 valence electrons. The van der Waals surface area contributed by atoms with E-state index in [0.29, 0.717) is 16.8 Å². The number of nitriles is 1. The zero-order valence-corrected chi connectivity index (χ0v) is 15.0. The standard InChI is InChI=1S/C20H17FN4O3/c1-20(14-4-2-13(12-22)3-5-14)18(27)25(19(28)24-20)11-10-17(26)23-16-8-6-15(21)7-9-16/h2-9H,10-11H2,1H3,(H,23,26)(H,24,28). The number of urea groups is 1. The molecule has 0 spiro atoms. The van der Waals surface area contributed by atoms with Crippen LogP contribution in [0.3, 0.4) is 0 Å². The van der Waals surface area contributed by atoms with E-state index in [4.69, 9.17) is 5.26 Å². The van der Waals surface area contributed by atoms with Gasteiger partial charge in [0.15, 0.2) is 0 Å². The maximum atomic E-state index is 12.9. The van der Waals surface area contributed by atoms with Crippen LogP contribution >= 0.6 is 0 Å². The van der Waals surface area contributed by atoms with Crippen LogP contribution in [0.4, 0.5) is 14.9 Å². The number of imide groups is 1. The van der Waals surface area contributed by atoms with Gasteiger partial charge in [-0.1, -0.05) is 12.1 Å². The van der Waals surface area contributed by atoms with Gasteiger partial charge >= 0.3 is 6.03 Å². The molecule has 1 atom stereocenters. The lowest BCUT2D eigenvalue weighted by molar-refractivity contribution is -0.131. The summed E-state index contributed by atoms with van der Waals surface area (Å²) in [4.78, 5) is 38.1. The Morgan fingerprint density at radius 2 is 1.82 bits per heavy atom. The SMILES string of the molecule is CC1(c2ccc(C#N)cc2)NC(=O)N(CCC(=O)Nc2ccc(F)cc2)C1=O. The Hall–Kier alpha value is -3.73. The van der Waals surface area contributed by atoms with Gasteiger partial charge in [0.2, 0.25) is 5.91 Å². The number of benzene rings is 2. The number of halogens is 1. The van der Waals surface area contributed by atoms with Gasteiger partial charge in [-0.15, -0.1) is 0 Å². The van der Waals surface area contributed by atoms with Crippen molar-refractivity contribution in [3.63, 3.8) is 0 Å². The highest BCUT2D eigenvalue weighted by atomic mass is 19.1. The second-order valence-corrected chi connectivity index (χ2v) is 6.51. The van der Waals surface area contributed by atoms with E-state index in [1.54, 1.807) is 31.2 Å². The van der Waals surface area contributed by atoms with Crippen molar-refractivity contribution < 1.29 is 18.8 Å². The molecule has 2 N–H and O–H groups in total. The van der Waals surface area contributed by atoms with Crippen LogP contribution in [-0.2, 0) is 15.1 Å². The number of hydrogen-bond acceptors (Lipinski definition) is 4. The van der Waals surface area contributed by atoms with Crippen molar-refractivity contribution in [2.24, 2.45) is 0 Å². The maximum Gasteiger partial charge on any atom is 0.325 e. The lowest BCUT2D eigenvalue weighted by atomic mass is 9.91. The summed E-state index contributed by atoms with van der Waals surface area (Å²) in [7, 11) is 0. The summed E-state index contributed by atoms with van der Waals surface area (Å²) in [6, 6.07) is 13.0. The maximum absolute atomic E-state index is 12.9. The van der Waals surface area contributed by atoms with Crippen molar-refractivity contribution in [1.29, 1.82) is 5.26 Å². The second-order valence-electron chi connectivity index (χ2n) is 6.51. The molecule has 0 bridgehead atoms. The van der Waals surface area contributed by atoms with E-state index in [2.05, 4.69) is 10.6 Å². The average Bonchev–Trinajstić information content (AvgIpc) is 2.91.